The fourth-order valence-electron chi connectivity index (χ4n) is 3.06. The molecule has 0 bridgehead atoms. The molecule has 1 saturated heterocycles. The number of anilines is 1. The van der Waals surface area contributed by atoms with Crippen molar-refractivity contribution in [2.24, 2.45) is 0 Å². The van der Waals surface area contributed by atoms with Gasteiger partial charge in [-0.05, 0) is 25.2 Å². The summed E-state index contributed by atoms with van der Waals surface area (Å²) in [5, 5.41) is 2.96. The fraction of sp³-hybridized carbons (Fsp3) is 0.316. The predicted octanol–water partition coefficient (Wildman–Crippen LogP) is 3.22. The van der Waals surface area contributed by atoms with Gasteiger partial charge in [-0.15, -0.1) is 0 Å². The van der Waals surface area contributed by atoms with Crippen LogP contribution in [0.25, 0.3) is 0 Å². The highest BCUT2D eigenvalue weighted by atomic mass is 16.5. The Balaban J connectivity index is 1.74. The van der Waals surface area contributed by atoms with Gasteiger partial charge in [0.1, 0.15) is 5.75 Å². The van der Waals surface area contributed by atoms with Crippen molar-refractivity contribution in [3.63, 3.8) is 0 Å². The first kappa shape index (κ1) is 16.3. The normalized spacial score (nSPS) is 18.2. The van der Waals surface area contributed by atoms with Gasteiger partial charge in [-0.25, -0.2) is 4.79 Å². The summed E-state index contributed by atoms with van der Waals surface area (Å²) in [6.07, 6.45) is 0. The standard InChI is InChI=1S/C19H23N3O2/c1-21-12-13-22(19(23)20-15-8-4-3-5-9-15)14-17(21)16-10-6-7-11-18(16)24-2/h3-11,17H,12-14H2,1-2H3,(H,20,23). The lowest BCUT2D eigenvalue weighted by Gasteiger charge is -2.40. The maximum atomic E-state index is 12.6. The van der Waals surface area contributed by atoms with Crippen molar-refractivity contribution in [1.82, 2.24) is 9.80 Å². The van der Waals surface area contributed by atoms with Crippen LogP contribution in [0.2, 0.25) is 0 Å². The number of likely N-dealkylation sites (N-methyl/N-ethyl adjacent to an activating group) is 1. The van der Waals surface area contributed by atoms with Gasteiger partial charge in [0.2, 0.25) is 0 Å². The molecule has 126 valence electrons. The number of benzene rings is 2. The maximum absolute atomic E-state index is 12.6. The van der Waals surface area contributed by atoms with Gasteiger partial charge in [-0.2, -0.15) is 0 Å². The summed E-state index contributed by atoms with van der Waals surface area (Å²) in [6, 6.07) is 17.6. The first-order valence-corrected chi connectivity index (χ1v) is 8.13. The average molecular weight is 325 g/mol. The number of piperazine rings is 1. The lowest BCUT2D eigenvalue weighted by Crippen LogP contribution is -2.50. The molecule has 24 heavy (non-hydrogen) atoms. The van der Waals surface area contributed by atoms with E-state index in [1.54, 1.807) is 7.11 Å². The molecule has 2 aromatic carbocycles. The Morgan fingerprint density at radius 1 is 1.08 bits per heavy atom. The zero-order valence-corrected chi connectivity index (χ0v) is 14.1. The average Bonchev–Trinajstić information content (AvgIpc) is 2.63. The molecule has 1 N–H and O–H groups in total. The molecule has 5 nitrogen and oxygen atoms in total. The van der Waals surface area contributed by atoms with Crippen molar-refractivity contribution >= 4 is 11.7 Å². The van der Waals surface area contributed by atoms with Gasteiger partial charge in [0, 0.05) is 30.9 Å². The number of nitrogens with zero attached hydrogens (tertiary/aromatic N) is 2. The van der Waals surface area contributed by atoms with Crippen molar-refractivity contribution in [3.8, 4) is 5.75 Å². The van der Waals surface area contributed by atoms with E-state index in [0.717, 1.165) is 23.5 Å². The Labute approximate surface area is 142 Å². The van der Waals surface area contributed by atoms with Crippen molar-refractivity contribution in [2.45, 2.75) is 6.04 Å². The number of nitrogens with one attached hydrogen (secondary N) is 1. The minimum absolute atomic E-state index is 0.0609. The molecular weight excluding hydrogens is 302 g/mol. The highest BCUT2D eigenvalue weighted by Crippen LogP contribution is 2.31. The summed E-state index contributed by atoms with van der Waals surface area (Å²) in [7, 11) is 3.77. The van der Waals surface area contributed by atoms with Gasteiger partial charge in [-0.3, -0.25) is 4.90 Å². The molecule has 1 heterocycles. The SMILES string of the molecule is COc1ccccc1C1CN(C(=O)Nc2ccccc2)CCN1C. The van der Waals surface area contributed by atoms with E-state index in [4.69, 9.17) is 4.74 Å². The Hall–Kier alpha value is -2.53. The number of para-hydroxylation sites is 2. The monoisotopic (exact) mass is 325 g/mol. The second-order valence-corrected chi connectivity index (χ2v) is 5.98. The maximum Gasteiger partial charge on any atom is 0.321 e. The third kappa shape index (κ3) is 3.51. The van der Waals surface area contributed by atoms with Crippen molar-refractivity contribution in [3.05, 3.63) is 60.2 Å². The van der Waals surface area contributed by atoms with E-state index in [0.29, 0.717) is 13.1 Å². The third-order valence-electron chi connectivity index (χ3n) is 4.46. The van der Waals surface area contributed by atoms with Crippen LogP contribution in [0.4, 0.5) is 10.5 Å². The number of methoxy groups -OCH3 is 1. The molecular formula is C19H23N3O2. The van der Waals surface area contributed by atoms with E-state index in [-0.39, 0.29) is 12.1 Å². The van der Waals surface area contributed by atoms with E-state index in [1.807, 2.05) is 53.4 Å². The molecule has 2 aromatic rings. The number of hydrogen-bond donors (Lipinski definition) is 1. The quantitative estimate of drug-likeness (QED) is 0.942. The Kier molecular flexibility index (Phi) is 5.01. The Morgan fingerprint density at radius 3 is 2.54 bits per heavy atom. The lowest BCUT2D eigenvalue weighted by atomic mass is 10.0. The fourth-order valence-corrected chi connectivity index (χ4v) is 3.06. The van der Waals surface area contributed by atoms with Gasteiger partial charge < -0.3 is 15.0 Å². The summed E-state index contributed by atoms with van der Waals surface area (Å²) in [5.74, 6) is 0.861. The molecule has 1 unspecified atom stereocenters. The molecule has 0 spiro atoms. The topological polar surface area (TPSA) is 44.8 Å². The zero-order valence-electron chi connectivity index (χ0n) is 14.1. The lowest BCUT2D eigenvalue weighted by molar-refractivity contribution is 0.114. The number of rotatable bonds is 3. The molecule has 1 fully saturated rings. The van der Waals surface area contributed by atoms with Crippen LogP contribution < -0.4 is 10.1 Å². The van der Waals surface area contributed by atoms with Gasteiger partial charge in [-0.1, -0.05) is 36.4 Å². The molecule has 2 amide bonds. The summed E-state index contributed by atoms with van der Waals surface area (Å²) in [5.41, 5.74) is 1.93. The van der Waals surface area contributed by atoms with Gasteiger partial charge in [0.05, 0.1) is 13.2 Å². The molecule has 0 saturated carbocycles. The van der Waals surface area contributed by atoms with E-state index < -0.39 is 0 Å². The van der Waals surface area contributed by atoms with Gasteiger partial charge >= 0.3 is 6.03 Å². The largest absolute Gasteiger partial charge is 0.496 e. The first-order valence-electron chi connectivity index (χ1n) is 8.13. The highest BCUT2D eigenvalue weighted by molar-refractivity contribution is 5.89. The van der Waals surface area contributed by atoms with Gasteiger partial charge in [0.15, 0.2) is 0 Å². The molecule has 0 aromatic heterocycles. The summed E-state index contributed by atoms with van der Waals surface area (Å²) in [4.78, 5) is 16.7. The smallest absolute Gasteiger partial charge is 0.321 e. The predicted molar refractivity (Wildman–Crippen MR) is 95.4 cm³/mol. The summed E-state index contributed by atoms with van der Waals surface area (Å²) < 4.78 is 5.49. The first-order chi connectivity index (χ1) is 11.7. The van der Waals surface area contributed by atoms with Crippen molar-refractivity contribution in [1.29, 1.82) is 0 Å². The summed E-state index contributed by atoms with van der Waals surface area (Å²) >= 11 is 0. The van der Waals surface area contributed by atoms with E-state index in [9.17, 15) is 4.79 Å². The zero-order chi connectivity index (χ0) is 16.9. The van der Waals surface area contributed by atoms with Crippen molar-refractivity contribution in [2.75, 3.05) is 39.1 Å². The Morgan fingerprint density at radius 2 is 1.79 bits per heavy atom. The molecule has 0 aliphatic carbocycles. The van der Waals surface area contributed by atoms with Crippen LogP contribution in [-0.4, -0.2) is 49.6 Å². The van der Waals surface area contributed by atoms with E-state index in [1.165, 1.54) is 0 Å². The van der Waals surface area contributed by atoms with Crippen LogP contribution >= 0.6 is 0 Å². The molecule has 0 radical (unpaired) electrons. The molecule has 1 atom stereocenters. The summed E-state index contributed by atoms with van der Waals surface area (Å²) in [6.45, 7) is 2.17. The minimum Gasteiger partial charge on any atom is -0.496 e. The van der Waals surface area contributed by atoms with Crippen LogP contribution in [0.15, 0.2) is 54.6 Å². The molecule has 1 aliphatic heterocycles. The van der Waals surface area contributed by atoms with E-state index in [2.05, 4.69) is 23.3 Å². The van der Waals surface area contributed by atoms with E-state index >= 15 is 0 Å². The molecule has 5 heteroatoms. The second-order valence-electron chi connectivity index (χ2n) is 5.98. The number of carbonyl (C=O) groups is 1. The van der Waals surface area contributed by atoms with Crippen LogP contribution in [0.1, 0.15) is 11.6 Å². The number of urea groups is 1. The van der Waals surface area contributed by atoms with Crippen LogP contribution in [0.5, 0.6) is 5.75 Å². The van der Waals surface area contributed by atoms with Crippen LogP contribution in [0, 0.1) is 0 Å². The van der Waals surface area contributed by atoms with Crippen molar-refractivity contribution < 1.29 is 9.53 Å². The Bertz CT molecular complexity index is 690. The second kappa shape index (κ2) is 7.36. The number of amides is 2. The number of carbonyl (C=O) groups excluding carboxylic acids is 1. The van der Waals surface area contributed by atoms with Gasteiger partial charge in [0.25, 0.3) is 0 Å². The number of ether oxygens (including phenoxy) is 1. The molecule has 1 aliphatic rings. The van der Waals surface area contributed by atoms with Crippen LogP contribution in [-0.2, 0) is 0 Å². The van der Waals surface area contributed by atoms with Crippen LogP contribution in [0.3, 0.4) is 0 Å². The molecule has 3 rings (SSSR count). The third-order valence-corrected chi connectivity index (χ3v) is 4.46. The number of hydrogen-bond acceptors (Lipinski definition) is 3. The highest BCUT2D eigenvalue weighted by Gasteiger charge is 2.30. The minimum atomic E-state index is -0.0609.